The van der Waals surface area contributed by atoms with Gasteiger partial charge in [-0.25, -0.2) is 0 Å². The van der Waals surface area contributed by atoms with Crippen LogP contribution in [-0.4, -0.2) is 34.5 Å². The summed E-state index contributed by atoms with van der Waals surface area (Å²) in [5.74, 6) is 0.873. The Hall–Kier alpha value is -2.52. The second-order valence-corrected chi connectivity index (χ2v) is 8.29. The van der Waals surface area contributed by atoms with Crippen molar-refractivity contribution in [3.63, 3.8) is 0 Å². The molecule has 1 fully saturated rings. The van der Waals surface area contributed by atoms with E-state index in [0.29, 0.717) is 0 Å². The molecule has 0 amide bonds. The number of H-pyrrole nitrogens is 2. The van der Waals surface area contributed by atoms with Crippen LogP contribution in [-0.2, 0) is 12.8 Å². The van der Waals surface area contributed by atoms with Gasteiger partial charge < -0.3 is 14.9 Å². The number of piperidine rings is 1. The van der Waals surface area contributed by atoms with E-state index in [1.165, 1.54) is 78.3 Å². The summed E-state index contributed by atoms with van der Waals surface area (Å²) in [5.41, 5.74) is 5.47. The van der Waals surface area contributed by atoms with E-state index in [4.69, 9.17) is 0 Å². The van der Waals surface area contributed by atoms with Gasteiger partial charge in [0.1, 0.15) is 0 Å². The topological polar surface area (TPSA) is 34.8 Å². The number of hydrogen-bond acceptors (Lipinski definition) is 1. The van der Waals surface area contributed by atoms with E-state index in [1.54, 1.807) is 0 Å². The van der Waals surface area contributed by atoms with Crippen LogP contribution >= 0.6 is 0 Å². The minimum Gasteiger partial charge on any atom is -0.361 e. The lowest BCUT2D eigenvalue weighted by molar-refractivity contribution is 0.181. The maximum Gasteiger partial charge on any atom is 0.0456 e. The van der Waals surface area contributed by atoms with Crippen LogP contribution in [0.5, 0.6) is 0 Å². The van der Waals surface area contributed by atoms with Crippen LogP contribution in [0.15, 0.2) is 60.9 Å². The van der Waals surface area contributed by atoms with Gasteiger partial charge in [-0.15, -0.1) is 0 Å². The van der Waals surface area contributed by atoms with E-state index >= 15 is 0 Å². The third-order valence-electron chi connectivity index (χ3n) is 6.58. The van der Waals surface area contributed by atoms with Gasteiger partial charge >= 0.3 is 0 Å². The van der Waals surface area contributed by atoms with Crippen molar-refractivity contribution in [3.05, 3.63) is 72.1 Å². The molecule has 0 aliphatic carbocycles. The molecule has 1 aliphatic rings. The number of hydrogen-bond donors (Lipinski definition) is 2. The van der Waals surface area contributed by atoms with Crippen molar-refractivity contribution in [2.75, 3.05) is 19.6 Å². The summed E-state index contributed by atoms with van der Waals surface area (Å²) in [6.07, 6.45) is 10.7. The largest absolute Gasteiger partial charge is 0.361 e. The molecule has 1 saturated heterocycles. The zero-order chi connectivity index (χ0) is 18.8. The van der Waals surface area contributed by atoms with E-state index in [2.05, 4.69) is 75.8 Å². The number of rotatable bonds is 6. The molecule has 0 radical (unpaired) electrons. The fraction of sp³-hybridized carbons (Fsp3) is 0.360. The first-order chi connectivity index (χ1) is 13.9. The molecule has 0 unspecified atom stereocenters. The summed E-state index contributed by atoms with van der Waals surface area (Å²) < 4.78 is 0. The molecule has 2 aromatic heterocycles. The van der Waals surface area contributed by atoms with Crippen molar-refractivity contribution in [3.8, 4) is 0 Å². The first-order valence-electron chi connectivity index (χ1n) is 10.7. The van der Waals surface area contributed by atoms with Gasteiger partial charge in [0.2, 0.25) is 0 Å². The predicted octanol–water partition coefficient (Wildman–Crippen LogP) is 5.54. The number of para-hydroxylation sites is 2. The summed E-state index contributed by atoms with van der Waals surface area (Å²) in [7, 11) is 0. The molecular weight excluding hydrogens is 342 g/mol. The highest BCUT2D eigenvalue weighted by Gasteiger charge is 2.19. The van der Waals surface area contributed by atoms with Crippen molar-refractivity contribution >= 4 is 21.8 Å². The molecule has 5 rings (SSSR count). The van der Waals surface area contributed by atoms with Gasteiger partial charge in [-0.2, -0.15) is 0 Å². The van der Waals surface area contributed by atoms with Crippen molar-refractivity contribution in [1.82, 2.24) is 14.9 Å². The van der Waals surface area contributed by atoms with Gasteiger partial charge in [-0.1, -0.05) is 36.4 Å². The molecule has 28 heavy (non-hydrogen) atoms. The average Bonchev–Trinajstić information content (AvgIpc) is 3.36. The Balaban J connectivity index is 1.11. The molecular formula is C25H29N3. The number of likely N-dealkylation sites (tertiary alicyclic amines) is 1. The Labute approximate surface area is 166 Å². The minimum atomic E-state index is 0.873. The Kier molecular flexibility index (Phi) is 4.92. The number of aromatic nitrogens is 2. The van der Waals surface area contributed by atoms with Crippen LogP contribution < -0.4 is 0 Å². The maximum absolute atomic E-state index is 3.41. The van der Waals surface area contributed by atoms with Crippen LogP contribution in [0, 0.1) is 5.92 Å². The van der Waals surface area contributed by atoms with Gasteiger partial charge in [0, 0.05) is 40.7 Å². The minimum absolute atomic E-state index is 0.873. The molecule has 144 valence electrons. The molecule has 3 heterocycles. The molecule has 0 bridgehead atoms. The first-order valence-corrected chi connectivity index (χ1v) is 10.7. The van der Waals surface area contributed by atoms with Crippen LogP contribution in [0.2, 0.25) is 0 Å². The molecule has 3 nitrogen and oxygen atoms in total. The highest BCUT2D eigenvalue weighted by atomic mass is 15.1. The molecule has 4 aromatic rings. The second-order valence-electron chi connectivity index (χ2n) is 8.29. The Morgan fingerprint density at radius 3 is 1.96 bits per heavy atom. The molecule has 0 saturated carbocycles. The number of nitrogens with zero attached hydrogens (tertiary/aromatic N) is 1. The van der Waals surface area contributed by atoms with Gasteiger partial charge in [0.05, 0.1) is 0 Å². The average molecular weight is 372 g/mol. The van der Waals surface area contributed by atoms with Crippen molar-refractivity contribution in [1.29, 1.82) is 0 Å². The smallest absolute Gasteiger partial charge is 0.0456 e. The van der Waals surface area contributed by atoms with Crippen molar-refractivity contribution < 1.29 is 0 Å². The van der Waals surface area contributed by atoms with E-state index in [1.807, 2.05) is 0 Å². The fourth-order valence-electron chi connectivity index (χ4n) is 4.81. The second kappa shape index (κ2) is 7.84. The highest BCUT2D eigenvalue weighted by Crippen LogP contribution is 2.26. The quantitative estimate of drug-likeness (QED) is 0.459. The molecule has 1 aliphatic heterocycles. The van der Waals surface area contributed by atoms with E-state index in [0.717, 1.165) is 12.3 Å². The SMILES string of the molecule is c1ccc2c(CCC3CCN(CCc4c[nH]c5ccccc45)CC3)c[nH]c2c1. The van der Waals surface area contributed by atoms with E-state index in [-0.39, 0.29) is 0 Å². The predicted molar refractivity (Wildman–Crippen MR) is 118 cm³/mol. The number of nitrogens with one attached hydrogen (secondary N) is 2. The van der Waals surface area contributed by atoms with Crippen LogP contribution in [0.25, 0.3) is 21.8 Å². The number of fused-ring (bicyclic) bond motifs is 2. The Morgan fingerprint density at radius 1 is 0.750 bits per heavy atom. The summed E-state index contributed by atoms with van der Waals surface area (Å²) >= 11 is 0. The summed E-state index contributed by atoms with van der Waals surface area (Å²) in [4.78, 5) is 9.48. The highest BCUT2D eigenvalue weighted by molar-refractivity contribution is 5.83. The molecule has 2 N–H and O–H groups in total. The van der Waals surface area contributed by atoms with E-state index in [9.17, 15) is 0 Å². The summed E-state index contributed by atoms with van der Waals surface area (Å²) in [6.45, 7) is 3.68. The van der Waals surface area contributed by atoms with Crippen LogP contribution in [0.4, 0.5) is 0 Å². The van der Waals surface area contributed by atoms with Gasteiger partial charge in [-0.05, 0) is 74.4 Å². The zero-order valence-electron chi connectivity index (χ0n) is 16.5. The summed E-state index contributed by atoms with van der Waals surface area (Å²) in [6, 6.07) is 17.3. The molecule has 3 heteroatoms. The Morgan fingerprint density at radius 2 is 1.32 bits per heavy atom. The van der Waals surface area contributed by atoms with Crippen LogP contribution in [0.1, 0.15) is 30.4 Å². The first kappa shape index (κ1) is 17.6. The third-order valence-corrected chi connectivity index (χ3v) is 6.58. The zero-order valence-corrected chi connectivity index (χ0v) is 16.5. The lowest BCUT2D eigenvalue weighted by Gasteiger charge is -2.32. The monoisotopic (exact) mass is 371 g/mol. The molecule has 0 atom stereocenters. The summed E-state index contributed by atoms with van der Waals surface area (Å²) in [5, 5.41) is 2.79. The normalized spacial score (nSPS) is 16.3. The standard InChI is InChI=1S/C25H29N3/c1-3-7-24-22(5-1)20(17-26-24)10-9-19-11-14-28(15-12-19)16-13-21-18-27-25-8-4-2-6-23(21)25/h1-8,17-19,26-27H,9-16H2. The molecule has 2 aromatic carbocycles. The number of aryl methyl sites for hydroxylation is 1. The maximum atomic E-state index is 3.41. The van der Waals surface area contributed by atoms with Crippen molar-refractivity contribution in [2.45, 2.75) is 32.1 Å². The Bertz CT molecular complexity index is 964. The fourth-order valence-corrected chi connectivity index (χ4v) is 4.81. The number of aromatic amines is 2. The van der Waals surface area contributed by atoms with Crippen LogP contribution in [0.3, 0.4) is 0 Å². The van der Waals surface area contributed by atoms with E-state index < -0.39 is 0 Å². The van der Waals surface area contributed by atoms with Gasteiger partial charge in [0.15, 0.2) is 0 Å². The number of benzene rings is 2. The van der Waals surface area contributed by atoms with Gasteiger partial charge in [-0.3, -0.25) is 0 Å². The van der Waals surface area contributed by atoms with Crippen molar-refractivity contribution in [2.24, 2.45) is 5.92 Å². The third kappa shape index (κ3) is 3.59. The molecule has 0 spiro atoms. The lowest BCUT2D eigenvalue weighted by atomic mass is 9.90. The van der Waals surface area contributed by atoms with Gasteiger partial charge in [0.25, 0.3) is 0 Å². The lowest BCUT2D eigenvalue weighted by Crippen LogP contribution is -2.35.